The number of hydrogen-bond acceptors (Lipinski definition) is 3. The van der Waals surface area contributed by atoms with Gasteiger partial charge < -0.3 is 4.74 Å². The van der Waals surface area contributed by atoms with E-state index in [0.29, 0.717) is 0 Å². The van der Waals surface area contributed by atoms with E-state index in [4.69, 9.17) is 10.00 Å². The van der Waals surface area contributed by atoms with Crippen molar-refractivity contribution in [1.82, 2.24) is 0 Å². The molecule has 0 radical (unpaired) electrons. The van der Waals surface area contributed by atoms with E-state index in [9.17, 15) is 4.79 Å². The van der Waals surface area contributed by atoms with Gasteiger partial charge >= 0.3 is 0 Å². The highest BCUT2D eigenvalue weighted by Crippen LogP contribution is 2.16. The van der Waals surface area contributed by atoms with Crippen LogP contribution in [-0.4, -0.2) is 19.5 Å². The van der Waals surface area contributed by atoms with Crippen LogP contribution in [0.5, 0.6) is 0 Å². The first-order valence-electron chi connectivity index (χ1n) is 4.67. The molecule has 0 aromatic heterocycles. The van der Waals surface area contributed by atoms with E-state index in [-0.39, 0.29) is 12.4 Å². The Morgan fingerprint density at radius 3 is 2.53 bits per heavy atom. The number of carbonyl (C=O) groups excluding carboxylic acids is 1. The SMILES string of the molecule is COCC(=O)[C@@H](C#N)c1ccc(C)cc1. The number of carbonyl (C=O) groups is 1. The first-order valence-corrected chi connectivity index (χ1v) is 4.67. The number of nitrogens with zero attached hydrogens (tertiary/aromatic N) is 1. The molecule has 0 saturated heterocycles. The number of rotatable bonds is 4. The average Bonchev–Trinajstić information content (AvgIpc) is 2.22. The summed E-state index contributed by atoms with van der Waals surface area (Å²) in [7, 11) is 1.45. The van der Waals surface area contributed by atoms with Gasteiger partial charge in [-0.05, 0) is 12.5 Å². The maximum Gasteiger partial charge on any atom is 0.179 e. The first-order chi connectivity index (χ1) is 7.19. The molecule has 78 valence electrons. The van der Waals surface area contributed by atoms with Crippen molar-refractivity contribution in [3.05, 3.63) is 35.4 Å². The van der Waals surface area contributed by atoms with Gasteiger partial charge in [0.2, 0.25) is 0 Å². The summed E-state index contributed by atoms with van der Waals surface area (Å²) in [5.41, 5.74) is 1.83. The first kappa shape index (κ1) is 11.4. The van der Waals surface area contributed by atoms with Crippen molar-refractivity contribution in [2.75, 3.05) is 13.7 Å². The zero-order chi connectivity index (χ0) is 11.3. The van der Waals surface area contributed by atoms with Crippen molar-refractivity contribution >= 4 is 5.78 Å². The molecule has 0 aliphatic carbocycles. The van der Waals surface area contributed by atoms with Crippen LogP contribution in [0.1, 0.15) is 17.0 Å². The Morgan fingerprint density at radius 2 is 2.07 bits per heavy atom. The quantitative estimate of drug-likeness (QED) is 0.750. The molecular formula is C12H13NO2. The highest BCUT2D eigenvalue weighted by atomic mass is 16.5. The van der Waals surface area contributed by atoms with E-state index in [1.807, 2.05) is 25.1 Å². The second kappa shape index (κ2) is 5.28. The summed E-state index contributed by atoms with van der Waals surface area (Å²) in [6.45, 7) is 1.94. The molecule has 0 spiro atoms. The Bertz CT molecular complexity index is 376. The molecule has 3 heteroatoms. The molecule has 0 fully saturated rings. The summed E-state index contributed by atoms with van der Waals surface area (Å²) < 4.78 is 4.73. The molecular weight excluding hydrogens is 190 g/mol. The number of nitriles is 1. The smallest absolute Gasteiger partial charge is 0.179 e. The number of hydrogen-bond donors (Lipinski definition) is 0. The third-order valence-electron chi connectivity index (χ3n) is 2.15. The lowest BCUT2D eigenvalue weighted by Crippen LogP contribution is -2.16. The van der Waals surface area contributed by atoms with E-state index < -0.39 is 5.92 Å². The van der Waals surface area contributed by atoms with Gasteiger partial charge in [0.05, 0.1) is 6.07 Å². The van der Waals surface area contributed by atoms with Crippen molar-refractivity contribution in [1.29, 1.82) is 5.26 Å². The van der Waals surface area contributed by atoms with Crippen LogP contribution in [0.3, 0.4) is 0 Å². The zero-order valence-corrected chi connectivity index (χ0v) is 8.86. The maximum atomic E-state index is 11.5. The molecule has 0 aliphatic rings. The Balaban J connectivity index is 2.89. The van der Waals surface area contributed by atoms with Crippen LogP contribution in [-0.2, 0) is 9.53 Å². The fourth-order valence-corrected chi connectivity index (χ4v) is 1.32. The fraction of sp³-hybridized carbons (Fsp3) is 0.333. The average molecular weight is 203 g/mol. The Hall–Kier alpha value is -1.66. The highest BCUT2D eigenvalue weighted by Gasteiger charge is 2.19. The molecule has 0 amide bonds. The minimum Gasteiger partial charge on any atom is -0.377 e. The number of ether oxygens (including phenoxy) is 1. The van der Waals surface area contributed by atoms with Crippen LogP contribution in [0, 0.1) is 18.3 Å². The highest BCUT2D eigenvalue weighted by molar-refractivity contribution is 5.89. The van der Waals surface area contributed by atoms with E-state index >= 15 is 0 Å². The minimum atomic E-state index is -0.717. The second-order valence-electron chi connectivity index (χ2n) is 3.37. The lowest BCUT2D eigenvalue weighted by molar-refractivity contribution is -0.122. The van der Waals surface area contributed by atoms with Gasteiger partial charge in [0.15, 0.2) is 5.78 Å². The molecule has 0 N–H and O–H groups in total. The van der Waals surface area contributed by atoms with E-state index in [0.717, 1.165) is 11.1 Å². The summed E-state index contributed by atoms with van der Waals surface area (Å²) in [5, 5.41) is 8.92. The van der Waals surface area contributed by atoms with Gasteiger partial charge in [-0.3, -0.25) is 4.79 Å². The molecule has 1 aromatic carbocycles. The third-order valence-corrected chi connectivity index (χ3v) is 2.15. The van der Waals surface area contributed by atoms with Gasteiger partial charge in [-0.1, -0.05) is 29.8 Å². The van der Waals surface area contributed by atoms with Crippen molar-refractivity contribution in [2.45, 2.75) is 12.8 Å². The molecule has 3 nitrogen and oxygen atoms in total. The Morgan fingerprint density at radius 1 is 1.47 bits per heavy atom. The predicted molar refractivity (Wildman–Crippen MR) is 56.4 cm³/mol. The summed E-state index contributed by atoms with van der Waals surface area (Å²) in [6.07, 6.45) is 0. The summed E-state index contributed by atoms with van der Waals surface area (Å²) >= 11 is 0. The molecule has 1 rings (SSSR count). The zero-order valence-electron chi connectivity index (χ0n) is 8.86. The molecule has 0 saturated carbocycles. The molecule has 0 bridgehead atoms. The van der Waals surface area contributed by atoms with Gasteiger partial charge in [-0.25, -0.2) is 0 Å². The van der Waals surface area contributed by atoms with Gasteiger partial charge in [0.1, 0.15) is 12.5 Å². The van der Waals surface area contributed by atoms with Gasteiger partial charge in [0.25, 0.3) is 0 Å². The van der Waals surface area contributed by atoms with Crippen molar-refractivity contribution in [3.63, 3.8) is 0 Å². The topological polar surface area (TPSA) is 50.1 Å². The number of Topliss-reactive ketones (excluding diaryl/α,β-unsaturated/α-hetero) is 1. The van der Waals surface area contributed by atoms with Gasteiger partial charge in [0, 0.05) is 7.11 Å². The molecule has 0 heterocycles. The van der Waals surface area contributed by atoms with Crippen LogP contribution < -0.4 is 0 Å². The van der Waals surface area contributed by atoms with Crippen LogP contribution in [0.2, 0.25) is 0 Å². The third kappa shape index (κ3) is 2.90. The van der Waals surface area contributed by atoms with Crippen LogP contribution in [0.15, 0.2) is 24.3 Å². The van der Waals surface area contributed by atoms with E-state index in [1.165, 1.54) is 7.11 Å². The molecule has 1 atom stereocenters. The van der Waals surface area contributed by atoms with Gasteiger partial charge in [-0.15, -0.1) is 0 Å². The maximum absolute atomic E-state index is 11.5. The molecule has 1 aromatic rings. The molecule has 15 heavy (non-hydrogen) atoms. The van der Waals surface area contributed by atoms with Crippen LogP contribution >= 0.6 is 0 Å². The number of methoxy groups -OCH3 is 1. The molecule has 0 unspecified atom stereocenters. The van der Waals surface area contributed by atoms with Gasteiger partial charge in [-0.2, -0.15) is 5.26 Å². The van der Waals surface area contributed by atoms with Crippen LogP contribution in [0.4, 0.5) is 0 Å². The summed E-state index contributed by atoms with van der Waals surface area (Å²) in [4.78, 5) is 11.5. The van der Waals surface area contributed by atoms with Crippen LogP contribution in [0.25, 0.3) is 0 Å². The minimum absolute atomic E-state index is 0.0217. The number of ketones is 1. The standard InChI is InChI=1S/C12H13NO2/c1-9-3-5-10(6-4-9)11(7-13)12(14)8-15-2/h3-6,11H,8H2,1-2H3/t11-/m0/s1. The lowest BCUT2D eigenvalue weighted by Gasteiger charge is -2.07. The van der Waals surface area contributed by atoms with Crippen molar-refractivity contribution in [3.8, 4) is 6.07 Å². The predicted octanol–water partition coefficient (Wildman–Crippen LogP) is 1.82. The monoisotopic (exact) mass is 203 g/mol. The van der Waals surface area contributed by atoms with E-state index in [1.54, 1.807) is 12.1 Å². The summed E-state index contributed by atoms with van der Waals surface area (Å²) in [6, 6.07) is 9.37. The van der Waals surface area contributed by atoms with Crippen molar-refractivity contribution < 1.29 is 9.53 Å². The Kier molecular flexibility index (Phi) is 4.02. The summed E-state index contributed by atoms with van der Waals surface area (Å²) in [5.74, 6) is -0.922. The second-order valence-corrected chi connectivity index (χ2v) is 3.37. The lowest BCUT2D eigenvalue weighted by atomic mass is 9.96. The van der Waals surface area contributed by atoms with E-state index in [2.05, 4.69) is 0 Å². The number of benzene rings is 1. The number of aryl methyl sites for hydroxylation is 1. The Labute approximate surface area is 89.3 Å². The normalized spacial score (nSPS) is 11.8. The van der Waals surface area contributed by atoms with Crippen molar-refractivity contribution in [2.24, 2.45) is 0 Å². The molecule has 0 aliphatic heterocycles. The fourth-order valence-electron chi connectivity index (χ4n) is 1.32. The largest absolute Gasteiger partial charge is 0.377 e.